The molecule has 0 spiro atoms. The minimum absolute atomic E-state index is 0.410. The summed E-state index contributed by atoms with van der Waals surface area (Å²) in [5.41, 5.74) is 3.88. The Labute approximate surface area is 169 Å². The zero-order chi connectivity index (χ0) is 19.9. The molecule has 1 aromatic heterocycles. The summed E-state index contributed by atoms with van der Waals surface area (Å²) >= 11 is 0. The number of morpholine rings is 2. The van der Waals surface area contributed by atoms with E-state index in [1.54, 1.807) is 13.3 Å². The van der Waals surface area contributed by atoms with E-state index in [0.717, 1.165) is 37.5 Å². The second-order valence-corrected chi connectivity index (χ2v) is 6.60. The molecule has 0 unspecified atom stereocenters. The second-order valence-electron chi connectivity index (χ2n) is 6.60. The number of hydrazone groups is 1. The van der Waals surface area contributed by atoms with Crippen LogP contribution in [0, 0.1) is 0 Å². The van der Waals surface area contributed by atoms with Crippen LogP contribution in [0.25, 0.3) is 0 Å². The maximum atomic E-state index is 5.44. The SMILES string of the molecule is COc1ccc(/C=N\Nc2nc(N3CCOCC3)nc(N3CCOCC3)n2)cc1. The Bertz CT molecular complexity index is 783. The van der Waals surface area contributed by atoms with E-state index < -0.39 is 0 Å². The Hall–Kier alpha value is -2.98. The van der Waals surface area contributed by atoms with Gasteiger partial charge in [0.05, 0.1) is 39.8 Å². The van der Waals surface area contributed by atoms with E-state index >= 15 is 0 Å². The fraction of sp³-hybridized carbons (Fsp3) is 0.474. The van der Waals surface area contributed by atoms with Gasteiger partial charge in [0.1, 0.15) is 5.75 Å². The molecule has 10 heteroatoms. The first-order chi connectivity index (χ1) is 14.3. The molecule has 2 aromatic rings. The van der Waals surface area contributed by atoms with Crippen LogP contribution >= 0.6 is 0 Å². The van der Waals surface area contributed by atoms with E-state index in [1.165, 1.54) is 0 Å². The monoisotopic (exact) mass is 399 g/mol. The number of rotatable bonds is 6. The predicted octanol–water partition coefficient (Wildman–Crippen LogP) is 0.999. The summed E-state index contributed by atoms with van der Waals surface area (Å²) < 4.78 is 16.1. The molecule has 0 radical (unpaired) electrons. The molecule has 0 aliphatic carbocycles. The quantitative estimate of drug-likeness (QED) is 0.563. The number of nitrogens with zero attached hydrogens (tertiary/aromatic N) is 6. The molecule has 10 nitrogen and oxygen atoms in total. The molecule has 3 heterocycles. The topological polar surface area (TPSA) is 97.2 Å². The number of ether oxygens (including phenoxy) is 3. The molecule has 0 saturated carbocycles. The summed E-state index contributed by atoms with van der Waals surface area (Å²) in [7, 11) is 1.64. The highest BCUT2D eigenvalue weighted by molar-refractivity contribution is 5.80. The summed E-state index contributed by atoms with van der Waals surface area (Å²) in [6, 6.07) is 7.63. The Morgan fingerprint density at radius 3 is 1.97 bits per heavy atom. The van der Waals surface area contributed by atoms with Crippen LogP contribution in [-0.4, -0.2) is 80.9 Å². The van der Waals surface area contributed by atoms with Gasteiger partial charge in [-0.25, -0.2) is 5.43 Å². The van der Waals surface area contributed by atoms with Crippen molar-refractivity contribution >= 4 is 24.1 Å². The summed E-state index contributed by atoms with van der Waals surface area (Å²) in [6.07, 6.45) is 1.71. The van der Waals surface area contributed by atoms with E-state index in [2.05, 4.69) is 35.3 Å². The first kappa shape index (κ1) is 19.3. The highest BCUT2D eigenvalue weighted by Crippen LogP contribution is 2.18. The lowest BCUT2D eigenvalue weighted by atomic mass is 10.2. The van der Waals surface area contributed by atoms with Crippen LogP contribution in [0.5, 0.6) is 5.75 Å². The highest BCUT2D eigenvalue weighted by Gasteiger charge is 2.20. The Balaban J connectivity index is 1.52. The normalized spacial score (nSPS) is 17.6. The van der Waals surface area contributed by atoms with Gasteiger partial charge in [-0.2, -0.15) is 20.1 Å². The lowest BCUT2D eigenvalue weighted by molar-refractivity contribution is 0.121. The first-order valence-electron chi connectivity index (χ1n) is 9.66. The zero-order valence-corrected chi connectivity index (χ0v) is 16.5. The molecule has 0 bridgehead atoms. The molecule has 1 aromatic carbocycles. The van der Waals surface area contributed by atoms with Crippen molar-refractivity contribution in [3.8, 4) is 5.75 Å². The molecule has 2 aliphatic rings. The van der Waals surface area contributed by atoms with Gasteiger partial charge in [0.2, 0.25) is 17.8 Å². The van der Waals surface area contributed by atoms with Crippen LogP contribution in [0.2, 0.25) is 0 Å². The molecule has 2 aliphatic heterocycles. The van der Waals surface area contributed by atoms with Gasteiger partial charge < -0.3 is 24.0 Å². The second kappa shape index (κ2) is 9.48. The van der Waals surface area contributed by atoms with E-state index in [9.17, 15) is 0 Å². The Morgan fingerprint density at radius 1 is 0.897 bits per heavy atom. The van der Waals surface area contributed by atoms with Gasteiger partial charge in [-0.3, -0.25) is 0 Å². The molecular weight excluding hydrogens is 374 g/mol. The Kier molecular flexibility index (Phi) is 6.32. The minimum Gasteiger partial charge on any atom is -0.497 e. The highest BCUT2D eigenvalue weighted by atomic mass is 16.5. The molecule has 2 fully saturated rings. The number of nitrogens with one attached hydrogen (secondary N) is 1. The van der Waals surface area contributed by atoms with Gasteiger partial charge in [-0.15, -0.1) is 0 Å². The van der Waals surface area contributed by atoms with Crippen molar-refractivity contribution in [2.24, 2.45) is 5.10 Å². The van der Waals surface area contributed by atoms with Crippen LogP contribution in [0.4, 0.5) is 17.8 Å². The van der Waals surface area contributed by atoms with E-state index in [0.29, 0.717) is 44.3 Å². The fourth-order valence-electron chi connectivity index (χ4n) is 3.07. The van der Waals surface area contributed by atoms with Gasteiger partial charge >= 0.3 is 0 Å². The van der Waals surface area contributed by atoms with Crippen LogP contribution in [-0.2, 0) is 9.47 Å². The average Bonchev–Trinajstić information content (AvgIpc) is 2.80. The number of aromatic nitrogens is 3. The standard InChI is InChI=1S/C19H25N7O3/c1-27-16-4-2-15(3-5-16)14-20-24-17-21-18(25-6-10-28-11-7-25)23-19(22-17)26-8-12-29-13-9-26/h2-5,14H,6-13H2,1H3,(H,21,22,23,24)/b20-14-. The molecule has 0 amide bonds. The van der Waals surface area contributed by atoms with E-state index in [1.807, 2.05) is 24.3 Å². The maximum Gasteiger partial charge on any atom is 0.250 e. The molecule has 0 atom stereocenters. The van der Waals surface area contributed by atoms with Crippen molar-refractivity contribution in [3.05, 3.63) is 29.8 Å². The van der Waals surface area contributed by atoms with Crippen molar-refractivity contribution < 1.29 is 14.2 Å². The van der Waals surface area contributed by atoms with Gasteiger partial charge in [0, 0.05) is 26.2 Å². The van der Waals surface area contributed by atoms with E-state index in [-0.39, 0.29) is 0 Å². The van der Waals surface area contributed by atoms with Gasteiger partial charge in [-0.05, 0) is 29.8 Å². The lowest BCUT2D eigenvalue weighted by Gasteiger charge is -2.30. The third-order valence-corrected chi connectivity index (χ3v) is 4.69. The lowest BCUT2D eigenvalue weighted by Crippen LogP contribution is -2.40. The zero-order valence-electron chi connectivity index (χ0n) is 16.5. The third kappa shape index (κ3) is 5.09. The van der Waals surface area contributed by atoms with Crippen molar-refractivity contribution in [1.29, 1.82) is 0 Å². The molecule has 29 heavy (non-hydrogen) atoms. The van der Waals surface area contributed by atoms with Gasteiger partial charge in [0.15, 0.2) is 0 Å². The fourth-order valence-corrected chi connectivity index (χ4v) is 3.07. The van der Waals surface area contributed by atoms with Gasteiger partial charge in [-0.1, -0.05) is 0 Å². The van der Waals surface area contributed by atoms with Crippen LogP contribution in [0.1, 0.15) is 5.56 Å². The summed E-state index contributed by atoms with van der Waals surface area (Å²) in [6.45, 7) is 5.66. The van der Waals surface area contributed by atoms with Crippen LogP contribution in [0.3, 0.4) is 0 Å². The molecule has 1 N–H and O–H groups in total. The number of methoxy groups -OCH3 is 1. The smallest absolute Gasteiger partial charge is 0.250 e. The van der Waals surface area contributed by atoms with E-state index in [4.69, 9.17) is 14.2 Å². The largest absolute Gasteiger partial charge is 0.497 e. The van der Waals surface area contributed by atoms with Crippen molar-refractivity contribution in [1.82, 2.24) is 15.0 Å². The summed E-state index contributed by atoms with van der Waals surface area (Å²) in [4.78, 5) is 18.0. The molecule has 4 rings (SSSR count). The molecule has 2 saturated heterocycles. The van der Waals surface area contributed by atoms with Crippen molar-refractivity contribution in [2.45, 2.75) is 0 Å². The minimum atomic E-state index is 0.410. The van der Waals surface area contributed by atoms with Crippen LogP contribution < -0.4 is 20.0 Å². The summed E-state index contributed by atoms with van der Waals surface area (Å²) in [5.74, 6) is 2.48. The Morgan fingerprint density at radius 2 is 1.45 bits per heavy atom. The maximum absolute atomic E-state index is 5.44. The van der Waals surface area contributed by atoms with Gasteiger partial charge in [0.25, 0.3) is 0 Å². The molecular formula is C19H25N7O3. The van der Waals surface area contributed by atoms with Crippen molar-refractivity contribution in [3.63, 3.8) is 0 Å². The van der Waals surface area contributed by atoms with Crippen molar-refractivity contribution in [2.75, 3.05) is 74.9 Å². The average molecular weight is 399 g/mol. The van der Waals surface area contributed by atoms with Crippen LogP contribution in [0.15, 0.2) is 29.4 Å². The number of hydrogen-bond acceptors (Lipinski definition) is 10. The summed E-state index contributed by atoms with van der Waals surface area (Å²) in [5, 5.41) is 4.28. The predicted molar refractivity (Wildman–Crippen MR) is 110 cm³/mol. The number of hydrogen-bond donors (Lipinski definition) is 1. The number of benzene rings is 1. The first-order valence-corrected chi connectivity index (χ1v) is 9.66. The molecule has 154 valence electrons. The third-order valence-electron chi connectivity index (χ3n) is 4.69. The number of anilines is 3.